The number of likely N-dealkylation sites (tertiary alicyclic amines) is 1. The Morgan fingerprint density at radius 1 is 1.45 bits per heavy atom. The Labute approximate surface area is 127 Å². The van der Waals surface area contributed by atoms with Gasteiger partial charge in [0.05, 0.1) is 23.5 Å². The third-order valence-corrected chi connectivity index (χ3v) is 4.03. The summed E-state index contributed by atoms with van der Waals surface area (Å²) in [7, 11) is 3.32. The van der Waals surface area contributed by atoms with Gasteiger partial charge in [0.25, 0.3) is 11.8 Å². The topological polar surface area (TPSA) is 95.9 Å². The van der Waals surface area contributed by atoms with Crippen LogP contribution in [0.5, 0.6) is 0 Å². The number of H-pyrrole nitrogens is 1. The van der Waals surface area contributed by atoms with Crippen molar-refractivity contribution in [2.45, 2.75) is 18.9 Å². The SMILES string of the molecule is CNC(=O)c1cn[nH]c1C1CCCN1C(=O)c1ccnn1C. The van der Waals surface area contributed by atoms with E-state index in [0.717, 1.165) is 12.8 Å². The predicted molar refractivity (Wildman–Crippen MR) is 78.2 cm³/mol. The Bertz CT molecular complexity index is 704. The van der Waals surface area contributed by atoms with Gasteiger partial charge in [0, 0.05) is 26.8 Å². The minimum absolute atomic E-state index is 0.0834. The molecule has 2 amide bonds. The second kappa shape index (κ2) is 5.63. The monoisotopic (exact) mass is 302 g/mol. The Kier molecular flexibility index (Phi) is 3.66. The molecule has 0 spiro atoms. The Balaban J connectivity index is 1.91. The number of aryl methyl sites for hydroxylation is 1. The molecule has 8 nitrogen and oxygen atoms in total. The number of aromatic nitrogens is 4. The molecule has 2 aromatic heterocycles. The van der Waals surface area contributed by atoms with Crippen LogP contribution >= 0.6 is 0 Å². The first-order chi connectivity index (χ1) is 10.6. The molecule has 0 radical (unpaired) electrons. The van der Waals surface area contributed by atoms with E-state index in [4.69, 9.17) is 0 Å². The van der Waals surface area contributed by atoms with E-state index in [1.807, 2.05) is 0 Å². The highest BCUT2D eigenvalue weighted by atomic mass is 16.2. The smallest absolute Gasteiger partial charge is 0.272 e. The standard InChI is InChI=1S/C14H18N6O2/c1-15-13(21)9-8-16-18-12(9)10-4-3-7-20(10)14(22)11-5-6-17-19(11)2/h5-6,8,10H,3-4,7H2,1-2H3,(H,15,21)(H,16,18). The van der Waals surface area contributed by atoms with Gasteiger partial charge in [0.1, 0.15) is 5.69 Å². The molecular weight excluding hydrogens is 284 g/mol. The molecular formula is C14H18N6O2. The summed E-state index contributed by atoms with van der Waals surface area (Å²) in [5, 5.41) is 13.5. The van der Waals surface area contributed by atoms with Gasteiger partial charge in [0.2, 0.25) is 0 Å². The van der Waals surface area contributed by atoms with Gasteiger partial charge in [-0.2, -0.15) is 10.2 Å². The van der Waals surface area contributed by atoms with Crippen LogP contribution in [0.25, 0.3) is 0 Å². The van der Waals surface area contributed by atoms with Crippen LogP contribution in [0, 0.1) is 0 Å². The highest BCUT2D eigenvalue weighted by molar-refractivity contribution is 5.96. The Morgan fingerprint density at radius 3 is 2.95 bits per heavy atom. The maximum absolute atomic E-state index is 12.7. The average Bonchev–Trinajstić information content (AvgIpc) is 3.24. The van der Waals surface area contributed by atoms with E-state index in [2.05, 4.69) is 20.6 Å². The number of aromatic amines is 1. The number of rotatable bonds is 3. The van der Waals surface area contributed by atoms with Crippen molar-refractivity contribution < 1.29 is 9.59 Å². The van der Waals surface area contributed by atoms with Crippen LogP contribution in [0.2, 0.25) is 0 Å². The van der Waals surface area contributed by atoms with Crippen LogP contribution in [0.3, 0.4) is 0 Å². The summed E-state index contributed by atoms with van der Waals surface area (Å²) >= 11 is 0. The van der Waals surface area contributed by atoms with Gasteiger partial charge in [-0.3, -0.25) is 19.4 Å². The zero-order valence-corrected chi connectivity index (χ0v) is 12.5. The minimum atomic E-state index is -0.205. The fraction of sp³-hybridized carbons (Fsp3) is 0.429. The van der Waals surface area contributed by atoms with Gasteiger partial charge in [0.15, 0.2) is 0 Å². The fourth-order valence-electron chi connectivity index (χ4n) is 2.91. The summed E-state index contributed by atoms with van der Waals surface area (Å²) in [6, 6.07) is 1.53. The van der Waals surface area contributed by atoms with Crippen LogP contribution in [0.15, 0.2) is 18.5 Å². The zero-order valence-electron chi connectivity index (χ0n) is 12.5. The summed E-state index contributed by atoms with van der Waals surface area (Å²) in [6.45, 7) is 0.654. The molecule has 8 heteroatoms. The van der Waals surface area contributed by atoms with Gasteiger partial charge in [-0.25, -0.2) is 0 Å². The van der Waals surface area contributed by atoms with Gasteiger partial charge >= 0.3 is 0 Å². The number of carbonyl (C=O) groups excluding carboxylic acids is 2. The van der Waals surface area contributed by atoms with Crippen molar-refractivity contribution in [3.8, 4) is 0 Å². The number of hydrogen-bond acceptors (Lipinski definition) is 4. The van der Waals surface area contributed by atoms with Crippen molar-refractivity contribution in [3.63, 3.8) is 0 Å². The van der Waals surface area contributed by atoms with Crippen molar-refractivity contribution in [3.05, 3.63) is 35.4 Å². The van der Waals surface area contributed by atoms with E-state index in [0.29, 0.717) is 23.5 Å². The maximum atomic E-state index is 12.7. The van der Waals surface area contributed by atoms with Crippen LogP contribution in [-0.4, -0.2) is 50.3 Å². The van der Waals surface area contributed by atoms with E-state index in [1.54, 1.807) is 35.9 Å². The molecule has 0 bridgehead atoms. The molecule has 22 heavy (non-hydrogen) atoms. The molecule has 3 rings (SSSR count). The third kappa shape index (κ3) is 2.26. The largest absolute Gasteiger partial charge is 0.355 e. The zero-order chi connectivity index (χ0) is 15.7. The van der Waals surface area contributed by atoms with E-state index < -0.39 is 0 Å². The second-order valence-electron chi connectivity index (χ2n) is 5.27. The summed E-state index contributed by atoms with van der Waals surface area (Å²) in [4.78, 5) is 26.4. The lowest BCUT2D eigenvalue weighted by Crippen LogP contribution is -2.33. The maximum Gasteiger partial charge on any atom is 0.272 e. The van der Waals surface area contributed by atoms with Crippen molar-refractivity contribution in [1.82, 2.24) is 30.2 Å². The first kappa shape index (κ1) is 14.3. The molecule has 0 aliphatic carbocycles. The van der Waals surface area contributed by atoms with E-state index in [-0.39, 0.29) is 17.9 Å². The second-order valence-corrected chi connectivity index (χ2v) is 5.27. The van der Waals surface area contributed by atoms with Crippen molar-refractivity contribution in [2.24, 2.45) is 7.05 Å². The molecule has 1 fully saturated rings. The lowest BCUT2D eigenvalue weighted by Gasteiger charge is -2.24. The van der Waals surface area contributed by atoms with Crippen LogP contribution < -0.4 is 5.32 Å². The molecule has 3 heterocycles. The molecule has 2 N–H and O–H groups in total. The van der Waals surface area contributed by atoms with E-state index >= 15 is 0 Å². The molecule has 1 saturated heterocycles. The van der Waals surface area contributed by atoms with E-state index in [9.17, 15) is 9.59 Å². The summed E-state index contributed by atoms with van der Waals surface area (Å²) in [6.07, 6.45) is 4.79. The quantitative estimate of drug-likeness (QED) is 0.862. The molecule has 2 aromatic rings. The lowest BCUT2D eigenvalue weighted by molar-refractivity contribution is 0.0718. The van der Waals surface area contributed by atoms with Gasteiger partial charge in [-0.1, -0.05) is 0 Å². The van der Waals surface area contributed by atoms with Crippen molar-refractivity contribution in [1.29, 1.82) is 0 Å². The molecule has 0 aromatic carbocycles. The highest BCUT2D eigenvalue weighted by Crippen LogP contribution is 2.33. The van der Waals surface area contributed by atoms with Crippen LogP contribution in [0.1, 0.15) is 45.4 Å². The Hall–Kier alpha value is -2.64. The Morgan fingerprint density at radius 2 is 2.27 bits per heavy atom. The normalized spacial score (nSPS) is 17.7. The predicted octanol–water partition coefficient (Wildman–Crippen LogP) is 0.480. The van der Waals surface area contributed by atoms with Crippen molar-refractivity contribution in [2.75, 3.05) is 13.6 Å². The van der Waals surface area contributed by atoms with Gasteiger partial charge in [-0.05, 0) is 18.9 Å². The summed E-state index contributed by atoms with van der Waals surface area (Å²) in [5.74, 6) is -0.288. The number of nitrogens with zero attached hydrogens (tertiary/aromatic N) is 4. The number of carbonyl (C=O) groups is 2. The fourth-order valence-corrected chi connectivity index (χ4v) is 2.91. The number of nitrogens with one attached hydrogen (secondary N) is 2. The number of amides is 2. The van der Waals surface area contributed by atoms with Crippen LogP contribution in [-0.2, 0) is 7.05 Å². The molecule has 1 unspecified atom stereocenters. The summed E-state index contributed by atoms with van der Waals surface area (Å²) in [5.41, 5.74) is 1.71. The van der Waals surface area contributed by atoms with Crippen LogP contribution in [0.4, 0.5) is 0 Å². The lowest BCUT2D eigenvalue weighted by atomic mass is 10.1. The average molecular weight is 302 g/mol. The molecule has 1 aliphatic heterocycles. The minimum Gasteiger partial charge on any atom is -0.355 e. The summed E-state index contributed by atoms with van der Waals surface area (Å²) < 4.78 is 1.56. The first-order valence-electron chi connectivity index (χ1n) is 7.17. The molecule has 1 atom stereocenters. The van der Waals surface area contributed by atoms with Gasteiger partial charge < -0.3 is 10.2 Å². The van der Waals surface area contributed by atoms with Crippen molar-refractivity contribution >= 4 is 11.8 Å². The molecule has 0 saturated carbocycles. The van der Waals surface area contributed by atoms with E-state index in [1.165, 1.54) is 6.20 Å². The first-order valence-corrected chi connectivity index (χ1v) is 7.17. The third-order valence-electron chi connectivity index (χ3n) is 4.03. The highest BCUT2D eigenvalue weighted by Gasteiger charge is 2.35. The number of hydrogen-bond donors (Lipinski definition) is 2. The van der Waals surface area contributed by atoms with Gasteiger partial charge in [-0.15, -0.1) is 0 Å². The molecule has 1 aliphatic rings. The molecule has 116 valence electrons.